The SMILES string of the molecule is CN(C)c1ccc2c(-c3ccc(NCc4ccc5cc(C(=O)O)c(=O)oc5c4)cc3)c3ccc(=[N+](C)C)cc-3oc2c1.COC(=O)c1cc2ccc(CNc3ccc(-c4c5ccc(=[N+](C)C)cc-5oc5cc(N(C)C)ccc45)cc3)cc2oc1=O. The number of fused-ring (bicyclic) bond motifs is 6. The predicted molar refractivity (Wildman–Crippen MR) is 337 cm³/mol. The molecule has 0 saturated heterocycles. The Labute approximate surface area is 488 Å². The lowest BCUT2D eigenvalue weighted by atomic mass is 9.93. The second-order valence-corrected chi connectivity index (χ2v) is 21.6. The summed E-state index contributed by atoms with van der Waals surface area (Å²) in [4.78, 5) is 51.4. The zero-order valence-corrected chi connectivity index (χ0v) is 48.5. The van der Waals surface area contributed by atoms with Gasteiger partial charge in [-0.1, -0.05) is 48.5 Å². The van der Waals surface area contributed by atoms with Crippen molar-refractivity contribution < 1.29 is 37.1 Å². The molecule has 4 aliphatic rings. The van der Waals surface area contributed by atoms with Crippen LogP contribution in [0.5, 0.6) is 0 Å². The number of carbonyl (C=O) groups excluding carboxylic acids is 1. The lowest BCUT2D eigenvalue weighted by Crippen LogP contribution is -2.21. The van der Waals surface area contributed by atoms with Crippen LogP contribution >= 0.6 is 0 Å². The van der Waals surface area contributed by atoms with E-state index in [1.54, 1.807) is 18.2 Å². The van der Waals surface area contributed by atoms with E-state index in [-0.39, 0.29) is 11.1 Å². The van der Waals surface area contributed by atoms with Crippen molar-refractivity contribution >= 4 is 78.6 Å². The number of rotatable bonds is 12. The van der Waals surface area contributed by atoms with E-state index in [1.165, 1.54) is 19.2 Å². The van der Waals surface area contributed by atoms with Crippen molar-refractivity contribution in [3.05, 3.63) is 224 Å². The highest BCUT2D eigenvalue weighted by Gasteiger charge is 2.22. The Balaban J connectivity index is 0.000000177. The van der Waals surface area contributed by atoms with Gasteiger partial charge >= 0.3 is 23.2 Å². The first-order valence-electron chi connectivity index (χ1n) is 27.4. The second-order valence-electron chi connectivity index (χ2n) is 21.6. The molecule has 16 heteroatoms. The molecule has 426 valence electrons. The van der Waals surface area contributed by atoms with Gasteiger partial charge in [0, 0.05) is 132 Å². The molecule has 0 saturated carbocycles. The molecule has 0 spiro atoms. The number of esters is 1. The van der Waals surface area contributed by atoms with Crippen molar-refractivity contribution in [3.8, 4) is 44.9 Å². The topological polar surface area (TPSA) is 187 Å². The van der Waals surface area contributed by atoms with Crippen LogP contribution in [0.3, 0.4) is 0 Å². The molecular weight excluding hydrogens is 1070 g/mol. The second kappa shape index (κ2) is 23.3. The lowest BCUT2D eigenvalue weighted by Gasteiger charge is -2.18. The number of benzene rings is 8. The van der Waals surface area contributed by atoms with E-state index >= 15 is 0 Å². The van der Waals surface area contributed by atoms with Crippen molar-refractivity contribution in [3.63, 3.8) is 0 Å². The third-order valence-electron chi connectivity index (χ3n) is 15.0. The predicted octanol–water partition coefficient (Wildman–Crippen LogP) is 11.5. The van der Waals surface area contributed by atoms with Gasteiger partial charge in [-0.2, -0.15) is 0 Å². The van der Waals surface area contributed by atoms with Gasteiger partial charge in [-0.25, -0.2) is 28.3 Å². The van der Waals surface area contributed by atoms with E-state index < -0.39 is 23.2 Å². The maximum absolute atomic E-state index is 12.2. The van der Waals surface area contributed by atoms with Crippen LogP contribution in [0.4, 0.5) is 22.7 Å². The number of ether oxygens (including phenoxy) is 1. The van der Waals surface area contributed by atoms with Crippen LogP contribution in [0.2, 0.25) is 0 Å². The van der Waals surface area contributed by atoms with Gasteiger partial charge < -0.3 is 47.9 Å². The summed E-state index contributed by atoms with van der Waals surface area (Å²) in [6.45, 7) is 1.02. The van der Waals surface area contributed by atoms with Gasteiger partial charge in [-0.3, -0.25) is 0 Å². The van der Waals surface area contributed by atoms with E-state index in [1.807, 2.05) is 86.7 Å². The zero-order chi connectivity index (χ0) is 59.8. The van der Waals surface area contributed by atoms with E-state index in [0.717, 1.165) is 111 Å². The van der Waals surface area contributed by atoms with Gasteiger partial charge in [0.25, 0.3) is 0 Å². The van der Waals surface area contributed by atoms with Crippen LogP contribution in [-0.4, -0.2) is 80.5 Å². The number of hydrogen-bond acceptors (Lipinski definition) is 13. The minimum atomic E-state index is -1.30. The molecule has 12 rings (SSSR count). The quantitative estimate of drug-likeness (QED) is 0.0454. The summed E-state index contributed by atoms with van der Waals surface area (Å²) in [6.07, 6.45) is 0. The minimum absolute atomic E-state index is 0.120. The molecule has 3 N–H and O–H groups in total. The molecule has 2 aromatic heterocycles. The van der Waals surface area contributed by atoms with Gasteiger partial charge in [-0.15, -0.1) is 0 Å². The van der Waals surface area contributed by atoms with Gasteiger partial charge in [-0.05, 0) is 107 Å². The van der Waals surface area contributed by atoms with E-state index in [4.69, 9.17) is 22.8 Å². The van der Waals surface area contributed by atoms with Gasteiger partial charge in [0.1, 0.15) is 73.2 Å². The first-order valence-corrected chi connectivity index (χ1v) is 27.4. The number of nitrogens with one attached hydrogen (secondary N) is 2. The molecule has 0 atom stereocenters. The Kier molecular flexibility index (Phi) is 15.4. The fourth-order valence-electron chi connectivity index (χ4n) is 10.3. The Hall–Kier alpha value is -10.7. The smallest absolute Gasteiger partial charge is 0.351 e. The van der Waals surface area contributed by atoms with E-state index in [9.17, 15) is 19.2 Å². The molecule has 85 heavy (non-hydrogen) atoms. The third-order valence-corrected chi connectivity index (χ3v) is 15.0. The highest BCUT2D eigenvalue weighted by Crippen LogP contribution is 2.43. The number of hydrogen-bond donors (Lipinski definition) is 3. The highest BCUT2D eigenvalue weighted by atomic mass is 16.5. The largest absolute Gasteiger partial charge is 0.477 e. The number of aromatic carboxylic acids is 1. The van der Waals surface area contributed by atoms with Gasteiger partial charge in [0.2, 0.25) is 10.7 Å². The molecule has 0 unspecified atom stereocenters. The molecule has 2 aliphatic heterocycles. The Morgan fingerprint density at radius 3 is 1.31 bits per heavy atom. The lowest BCUT2D eigenvalue weighted by molar-refractivity contribution is 0.0595. The minimum Gasteiger partial charge on any atom is -0.477 e. The van der Waals surface area contributed by atoms with Crippen molar-refractivity contribution in [2.24, 2.45) is 0 Å². The number of methoxy groups -OCH3 is 1. The summed E-state index contributed by atoms with van der Waals surface area (Å²) in [5, 5.41) is 21.5. The molecule has 4 heterocycles. The van der Waals surface area contributed by atoms with Crippen LogP contribution in [0.15, 0.2) is 197 Å². The molecule has 0 bridgehead atoms. The van der Waals surface area contributed by atoms with Crippen LogP contribution in [-0.2, 0) is 17.8 Å². The maximum atomic E-state index is 12.2. The average Bonchev–Trinajstić information content (AvgIpc) is 1.25. The zero-order valence-electron chi connectivity index (χ0n) is 48.5. The van der Waals surface area contributed by atoms with Gasteiger partial charge in [0.15, 0.2) is 0 Å². The Bertz CT molecular complexity index is 4790. The standard InChI is InChI=1S/C35H31N3O5.C34H29N3O5/c1-37(2)25-12-14-27-31(18-25)42-32-19-26(38(3)4)13-15-28(32)33(27)22-8-10-24(11-9-22)36-20-21-6-7-23-17-29(34(39)41-5)35(40)43-30(23)16-21;1-36(2)24-11-13-26-30(17-24)41-31-18-25(37(3)4)12-14-27(31)32(26)21-7-9-23(10-8-21)35-19-20-5-6-22-16-28(33(38)39)34(40)42-29(22)15-20/h6-19H,20H2,1-5H3;5-18H,19H2,1-4H3,(H,38,39)/p+2. The van der Waals surface area contributed by atoms with Crippen molar-refractivity contribution in [1.82, 2.24) is 9.15 Å². The number of carbonyl (C=O) groups is 2. The molecule has 2 aliphatic carbocycles. The third kappa shape index (κ3) is 11.6. The number of nitrogens with zero attached hydrogens (tertiary/aromatic N) is 4. The summed E-state index contributed by atoms with van der Waals surface area (Å²) in [7, 11) is 17.4. The van der Waals surface area contributed by atoms with Gasteiger partial charge in [0.05, 0.1) is 19.2 Å². The first-order chi connectivity index (χ1) is 40.9. The number of carboxylic acids is 1. The van der Waals surface area contributed by atoms with Crippen LogP contribution < -0.4 is 51.6 Å². The van der Waals surface area contributed by atoms with Crippen molar-refractivity contribution in [2.45, 2.75) is 13.1 Å². The molecule has 0 radical (unpaired) electrons. The van der Waals surface area contributed by atoms with Crippen LogP contribution in [0, 0.1) is 0 Å². The summed E-state index contributed by atoms with van der Waals surface area (Å²) >= 11 is 0. The summed E-state index contributed by atoms with van der Waals surface area (Å²) in [5.74, 6) is -0.372. The highest BCUT2D eigenvalue weighted by molar-refractivity contribution is 6.04. The summed E-state index contributed by atoms with van der Waals surface area (Å²) in [6, 6.07) is 55.6. The Morgan fingerprint density at radius 2 is 0.906 bits per heavy atom. The van der Waals surface area contributed by atoms with E-state index in [2.05, 4.69) is 144 Å². The monoisotopic (exact) mass is 1130 g/mol. The fraction of sp³-hybridized carbons (Fsp3) is 0.159. The van der Waals surface area contributed by atoms with Crippen molar-refractivity contribution in [2.75, 3.05) is 83.9 Å². The molecule has 0 fully saturated rings. The maximum Gasteiger partial charge on any atom is 0.351 e. The molecule has 16 nitrogen and oxygen atoms in total. The summed E-state index contributed by atoms with van der Waals surface area (Å²) in [5.41, 5.74) is 12.6. The molecule has 0 amide bonds. The fourth-order valence-corrected chi connectivity index (χ4v) is 10.3. The van der Waals surface area contributed by atoms with E-state index in [0.29, 0.717) is 35.0 Å². The van der Waals surface area contributed by atoms with Crippen LogP contribution in [0.1, 0.15) is 31.8 Å². The normalized spacial score (nSPS) is 11.2. The molecular formula is C69H62N6O10+2. The first kappa shape index (κ1) is 56.1. The molecule has 6 aromatic carbocycles. The Morgan fingerprint density at radius 1 is 0.482 bits per heavy atom. The number of anilines is 4. The average molecular weight is 1140 g/mol. The van der Waals surface area contributed by atoms with Crippen LogP contribution in [0.25, 0.3) is 88.8 Å². The van der Waals surface area contributed by atoms with Crippen molar-refractivity contribution in [1.29, 1.82) is 0 Å². The molecule has 8 aromatic rings. The summed E-state index contributed by atoms with van der Waals surface area (Å²) < 4.78 is 32.3. The number of carboxylic acid groups (broad SMARTS) is 1.